The second-order valence-corrected chi connectivity index (χ2v) is 7.17. The fraction of sp³-hybridized carbons (Fsp3) is 0.304. The first kappa shape index (κ1) is 17.1. The number of fused-ring (bicyclic) bond motifs is 1. The maximum atomic E-state index is 11.0. The van der Waals surface area contributed by atoms with Gasteiger partial charge in [-0.05, 0) is 47.0 Å². The van der Waals surface area contributed by atoms with Gasteiger partial charge in [0.15, 0.2) is 0 Å². The first-order chi connectivity index (χ1) is 12.6. The van der Waals surface area contributed by atoms with E-state index in [2.05, 4.69) is 30.3 Å². The first-order valence-corrected chi connectivity index (χ1v) is 9.17. The van der Waals surface area contributed by atoms with Crippen molar-refractivity contribution in [3.63, 3.8) is 0 Å². The van der Waals surface area contributed by atoms with Crippen LogP contribution in [0.15, 0.2) is 66.7 Å². The van der Waals surface area contributed by atoms with Crippen molar-refractivity contribution in [1.29, 1.82) is 0 Å². The molecule has 0 unspecified atom stereocenters. The normalized spacial score (nSPS) is 23.1. The van der Waals surface area contributed by atoms with Crippen LogP contribution in [0.3, 0.4) is 0 Å². The quantitative estimate of drug-likeness (QED) is 0.736. The second kappa shape index (κ2) is 7.10. The Bertz CT molecular complexity index is 905. The zero-order valence-corrected chi connectivity index (χ0v) is 15.0. The predicted molar refractivity (Wildman–Crippen MR) is 103 cm³/mol. The third-order valence-corrected chi connectivity index (χ3v) is 5.13. The molecule has 3 aromatic carbocycles. The molecule has 3 aromatic rings. The van der Waals surface area contributed by atoms with Crippen molar-refractivity contribution >= 4 is 10.8 Å². The molecule has 0 saturated carbocycles. The summed E-state index contributed by atoms with van der Waals surface area (Å²) in [7, 11) is 0. The Labute approximate surface area is 154 Å². The van der Waals surface area contributed by atoms with Crippen molar-refractivity contribution in [2.24, 2.45) is 0 Å². The molecular weight excluding hydrogens is 324 g/mol. The van der Waals surface area contributed by atoms with Crippen LogP contribution in [0.1, 0.15) is 30.9 Å². The highest BCUT2D eigenvalue weighted by Crippen LogP contribution is 2.36. The highest BCUT2D eigenvalue weighted by atomic mass is 16.5. The van der Waals surface area contributed by atoms with Crippen molar-refractivity contribution in [1.82, 2.24) is 0 Å². The number of hydrogen-bond donors (Lipinski definition) is 1. The minimum absolute atomic E-state index is 0.0657. The number of hydrogen-bond acceptors (Lipinski definition) is 3. The molecular formula is C23H24O3. The van der Waals surface area contributed by atoms with Gasteiger partial charge in [-0.3, -0.25) is 0 Å². The summed E-state index contributed by atoms with van der Waals surface area (Å²) >= 11 is 0. The lowest BCUT2D eigenvalue weighted by atomic mass is 9.84. The molecule has 3 heteroatoms. The van der Waals surface area contributed by atoms with E-state index >= 15 is 0 Å². The summed E-state index contributed by atoms with van der Waals surface area (Å²) < 4.78 is 11.6. The largest absolute Gasteiger partial charge is 0.489 e. The van der Waals surface area contributed by atoms with E-state index in [1.165, 1.54) is 10.8 Å². The van der Waals surface area contributed by atoms with Crippen LogP contribution in [0.4, 0.5) is 0 Å². The summed E-state index contributed by atoms with van der Waals surface area (Å²) in [4.78, 5) is 0. The Hall–Kier alpha value is -2.36. The molecule has 1 saturated heterocycles. The molecule has 0 spiro atoms. The molecule has 134 valence electrons. The summed E-state index contributed by atoms with van der Waals surface area (Å²) in [5.41, 5.74) is 1.20. The minimum atomic E-state index is -0.833. The number of aliphatic hydroxyl groups is 1. The summed E-state index contributed by atoms with van der Waals surface area (Å²) in [6, 6.07) is 22.5. The van der Waals surface area contributed by atoms with E-state index in [1.54, 1.807) is 0 Å². The molecule has 0 bridgehead atoms. The standard InChI is InChI=1S/C23H24O3/c1-17-15-23(24,11-12-25-17)21-7-4-8-22(14-21)26-16-18-9-10-19-5-2-3-6-20(19)13-18/h2-10,13-14,17,24H,11-12,15-16H2,1H3/t17-,23+/m1/s1. The minimum Gasteiger partial charge on any atom is -0.489 e. The molecule has 3 nitrogen and oxygen atoms in total. The number of rotatable bonds is 4. The van der Waals surface area contributed by atoms with Gasteiger partial charge < -0.3 is 14.6 Å². The Morgan fingerprint density at radius 3 is 2.73 bits per heavy atom. The Kier molecular flexibility index (Phi) is 4.66. The van der Waals surface area contributed by atoms with E-state index in [0.29, 0.717) is 26.1 Å². The van der Waals surface area contributed by atoms with Crippen LogP contribution in [0.2, 0.25) is 0 Å². The van der Waals surface area contributed by atoms with Crippen molar-refractivity contribution in [2.75, 3.05) is 6.61 Å². The van der Waals surface area contributed by atoms with E-state index in [-0.39, 0.29) is 6.10 Å². The van der Waals surface area contributed by atoms with Gasteiger partial charge in [-0.1, -0.05) is 48.5 Å². The molecule has 4 rings (SSSR count). The summed E-state index contributed by atoms with van der Waals surface area (Å²) in [5, 5.41) is 13.5. The number of ether oxygens (including phenoxy) is 2. The Balaban J connectivity index is 1.49. The predicted octanol–water partition coefficient (Wildman–Crippen LogP) is 4.81. The molecule has 1 N–H and O–H groups in total. The van der Waals surface area contributed by atoms with Gasteiger partial charge in [-0.25, -0.2) is 0 Å². The van der Waals surface area contributed by atoms with Crippen molar-refractivity contribution in [2.45, 2.75) is 38.1 Å². The molecule has 1 fully saturated rings. The highest BCUT2D eigenvalue weighted by molar-refractivity contribution is 5.82. The molecule has 1 aliphatic rings. The van der Waals surface area contributed by atoms with Crippen LogP contribution in [0.5, 0.6) is 5.75 Å². The highest BCUT2D eigenvalue weighted by Gasteiger charge is 2.35. The van der Waals surface area contributed by atoms with Crippen LogP contribution in [-0.2, 0) is 16.9 Å². The third kappa shape index (κ3) is 3.59. The monoisotopic (exact) mass is 348 g/mol. The molecule has 2 atom stereocenters. The molecule has 0 aromatic heterocycles. The van der Waals surface area contributed by atoms with E-state index in [9.17, 15) is 5.11 Å². The van der Waals surface area contributed by atoms with Crippen molar-refractivity contribution in [3.05, 3.63) is 77.9 Å². The Morgan fingerprint density at radius 1 is 1.04 bits per heavy atom. The van der Waals surface area contributed by atoms with E-state index < -0.39 is 5.60 Å². The second-order valence-electron chi connectivity index (χ2n) is 7.17. The Morgan fingerprint density at radius 2 is 1.88 bits per heavy atom. The molecule has 1 aliphatic heterocycles. The number of benzene rings is 3. The van der Waals surface area contributed by atoms with E-state index in [4.69, 9.17) is 9.47 Å². The zero-order chi connectivity index (χ0) is 18.0. The smallest absolute Gasteiger partial charge is 0.120 e. The van der Waals surface area contributed by atoms with Crippen LogP contribution < -0.4 is 4.74 Å². The van der Waals surface area contributed by atoms with Crippen molar-refractivity contribution < 1.29 is 14.6 Å². The van der Waals surface area contributed by atoms with Gasteiger partial charge in [-0.15, -0.1) is 0 Å². The average molecular weight is 348 g/mol. The fourth-order valence-electron chi connectivity index (χ4n) is 3.70. The average Bonchev–Trinajstić information content (AvgIpc) is 2.66. The van der Waals surface area contributed by atoms with Crippen LogP contribution in [-0.4, -0.2) is 17.8 Å². The fourth-order valence-corrected chi connectivity index (χ4v) is 3.70. The van der Waals surface area contributed by atoms with E-state index in [0.717, 1.165) is 16.9 Å². The molecule has 0 amide bonds. The zero-order valence-electron chi connectivity index (χ0n) is 15.0. The van der Waals surface area contributed by atoms with Crippen LogP contribution in [0, 0.1) is 0 Å². The van der Waals surface area contributed by atoms with Gasteiger partial charge in [0.25, 0.3) is 0 Å². The topological polar surface area (TPSA) is 38.7 Å². The summed E-state index contributed by atoms with van der Waals surface area (Å²) in [6.45, 7) is 3.09. The van der Waals surface area contributed by atoms with Crippen molar-refractivity contribution in [3.8, 4) is 5.75 Å². The molecule has 0 radical (unpaired) electrons. The first-order valence-electron chi connectivity index (χ1n) is 9.17. The van der Waals surface area contributed by atoms with Gasteiger partial charge in [0.05, 0.1) is 18.3 Å². The maximum absolute atomic E-state index is 11.0. The molecule has 0 aliphatic carbocycles. The molecule has 26 heavy (non-hydrogen) atoms. The van der Waals surface area contributed by atoms with Gasteiger partial charge >= 0.3 is 0 Å². The van der Waals surface area contributed by atoms with Gasteiger partial charge in [0.1, 0.15) is 12.4 Å². The van der Waals surface area contributed by atoms with Crippen LogP contribution in [0.25, 0.3) is 10.8 Å². The third-order valence-electron chi connectivity index (χ3n) is 5.13. The van der Waals surface area contributed by atoms with E-state index in [1.807, 2.05) is 43.3 Å². The van der Waals surface area contributed by atoms with Gasteiger partial charge in [0, 0.05) is 12.8 Å². The summed E-state index contributed by atoms with van der Waals surface area (Å²) in [5.74, 6) is 0.781. The van der Waals surface area contributed by atoms with Crippen LogP contribution >= 0.6 is 0 Å². The molecule has 1 heterocycles. The van der Waals surface area contributed by atoms with Gasteiger partial charge in [0.2, 0.25) is 0 Å². The lowest BCUT2D eigenvalue weighted by molar-refractivity contribution is -0.101. The SMILES string of the molecule is C[C@@H]1C[C@](O)(c2cccc(OCc3ccc4ccccc4c3)c2)CCO1. The lowest BCUT2D eigenvalue weighted by Gasteiger charge is -2.36. The lowest BCUT2D eigenvalue weighted by Crippen LogP contribution is -2.37. The van der Waals surface area contributed by atoms with Gasteiger partial charge in [-0.2, -0.15) is 0 Å². The summed E-state index contributed by atoms with van der Waals surface area (Å²) in [6.07, 6.45) is 1.29. The maximum Gasteiger partial charge on any atom is 0.120 e.